The van der Waals surface area contributed by atoms with Gasteiger partial charge in [0.2, 0.25) is 5.91 Å². The smallest absolute Gasteiger partial charge is 0.223 e. The predicted molar refractivity (Wildman–Crippen MR) is 54.4 cm³/mol. The van der Waals surface area contributed by atoms with Crippen molar-refractivity contribution in [1.82, 2.24) is 5.32 Å². The Hall–Kier alpha value is -0.530. The minimum atomic E-state index is 0.189. The van der Waals surface area contributed by atoms with E-state index in [1.807, 2.05) is 0 Å². The highest BCUT2D eigenvalue weighted by atomic mass is 16.2. The number of hydrogen-bond acceptors (Lipinski definition) is 1. The Balaban J connectivity index is 2.29. The van der Waals surface area contributed by atoms with Crippen LogP contribution in [0.4, 0.5) is 0 Å². The van der Waals surface area contributed by atoms with Gasteiger partial charge in [-0.1, -0.05) is 34.6 Å². The molecule has 0 bridgehead atoms. The minimum Gasteiger partial charge on any atom is -0.355 e. The number of nitrogens with one attached hydrogen (secondary N) is 1. The van der Waals surface area contributed by atoms with Crippen LogP contribution in [0.25, 0.3) is 0 Å². The predicted octanol–water partition coefficient (Wildman–Crippen LogP) is 2.19. The number of carbonyl (C=O) groups is 1. The van der Waals surface area contributed by atoms with Crippen LogP contribution in [0, 0.1) is 16.7 Å². The van der Waals surface area contributed by atoms with Crippen LogP contribution in [-0.4, -0.2) is 12.5 Å². The van der Waals surface area contributed by atoms with Crippen molar-refractivity contribution in [2.45, 2.75) is 41.0 Å². The average molecular weight is 183 g/mol. The van der Waals surface area contributed by atoms with E-state index in [1.165, 1.54) is 0 Å². The van der Waals surface area contributed by atoms with E-state index in [1.54, 1.807) is 0 Å². The van der Waals surface area contributed by atoms with Crippen LogP contribution < -0.4 is 5.32 Å². The molecule has 1 atom stereocenters. The normalized spacial score (nSPS) is 25.5. The zero-order chi connectivity index (χ0) is 10.3. The van der Waals surface area contributed by atoms with E-state index in [-0.39, 0.29) is 22.7 Å². The summed E-state index contributed by atoms with van der Waals surface area (Å²) in [4.78, 5) is 11.6. The first-order valence-electron chi connectivity index (χ1n) is 5.00. The third kappa shape index (κ3) is 3.02. The highest BCUT2D eigenvalue weighted by molar-refractivity contribution is 5.82. The maximum absolute atomic E-state index is 11.6. The summed E-state index contributed by atoms with van der Waals surface area (Å²) in [6.07, 6.45) is 1.04. The van der Waals surface area contributed by atoms with Crippen molar-refractivity contribution in [3.8, 4) is 0 Å². The molecular weight excluding hydrogens is 162 g/mol. The Bertz CT molecular complexity index is 213. The number of rotatable bonds is 2. The molecule has 0 heterocycles. The van der Waals surface area contributed by atoms with Crippen LogP contribution in [0.15, 0.2) is 0 Å². The van der Waals surface area contributed by atoms with E-state index < -0.39 is 0 Å². The third-order valence-electron chi connectivity index (χ3n) is 2.62. The lowest BCUT2D eigenvalue weighted by molar-refractivity contribution is -0.123. The fourth-order valence-electron chi connectivity index (χ4n) is 1.39. The molecule has 1 saturated carbocycles. The van der Waals surface area contributed by atoms with Gasteiger partial charge in [-0.3, -0.25) is 4.79 Å². The van der Waals surface area contributed by atoms with Crippen molar-refractivity contribution in [3.05, 3.63) is 0 Å². The van der Waals surface area contributed by atoms with Crippen LogP contribution in [0.2, 0.25) is 0 Å². The maximum Gasteiger partial charge on any atom is 0.223 e. The molecule has 13 heavy (non-hydrogen) atoms. The molecule has 0 radical (unpaired) electrons. The fourth-order valence-corrected chi connectivity index (χ4v) is 1.39. The van der Waals surface area contributed by atoms with Crippen molar-refractivity contribution in [2.75, 3.05) is 6.54 Å². The largest absolute Gasteiger partial charge is 0.355 e. The van der Waals surface area contributed by atoms with Gasteiger partial charge in [0.25, 0.3) is 0 Å². The summed E-state index contributed by atoms with van der Waals surface area (Å²) in [7, 11) is 0. The Morgan fingerprint density at radius 1 is 1.46 bits per heavy atom. The lowest BCUT2D eigenvalue weighted by Crippen LogP contribution is -2.34. The maximum atomic E-state index is 11.6. The first kappa shape index (κ1) is 10.6. The standard InChI is InChI=1S/C11H21NO/c1-10(2,3)7-12-9(13)8-6-11(8,4)5/h8H,6-7H2,1-5H3,(H,12,13). The van der Waals surface area contributed by atoms with Gasteiger partial charge in [0, 0.05) is 12.5 Å². The molecule has 1 unspecified atom stereocenters. The highest BCUT2D eigenvalue weighted by Gasteiger charge is 2.50. The number of amides is 1. The summed E-state index contributed by atoms with van der Waals surface area (Å²) in [6, 6.07) is 0. The van der Waals surface area contributed by atoms with Crippen LogP contribution in [0.5, 0.6) is 0 Å². The van der Waals surface area contributed by atoms with Crippen LogP contribution in [0.1, 0.15) is 41.0 Å². The van der Waals surface area contributed by atoms with E-state index in [4.69, 9.17) is 0 Å². The van der Waals surface area contributed by atoms with Gasteiger partial charge in [-0.15, -0.1) is 0 Å². The Labute approximate surface area is 81.1 Å². The van der Waals surface area contributed by atoms with Crippen molar-refractivity contribution in [1.29, 1.82) is 0 Å². The zero-order valence-electron chi connectivity index (χ0n) is 9.40. The molecule has 76 valence electrons. The van der Waals surface area contributed by atoms with Gasteiger partial charge in [0.05, 0.1) is 0 Å². The number of carbonyl (C=O) groups excluding carboxylic acids is 1. The van der Waals surface area contributed by atoms with Crippen LogP contribution in [0.3, 0.4) is 0 Å². The van der Waals surface area contributed by atoms with Gasteiger partial charge >= 0.3 is 0 Å². The molecule has 1 aliphatic rings. The first-order valence-corrected chi connectivity index (χ1v) is 5.00. The van der Waals surface area contributed by atoms with Gasteiger partial charge in [0.1, 0.15) is 0 Å². The number of hydrogen-bond donors (Lipinski definition) is 1. The Kier molecular flexibility index (Phi) is 2.44. The molecule has 0 aromatic rings. The lowest BCUT2D eigenvalue weighted by atomic mass is 9.97. The SMILES string of the molecule is CC(C)(C)CNC(=O)C1CC1(C)C. The van der Waals surface area contributed by atoms with E-state index >= 15 is 0 Å². The Morgan fingerprint density at radius 3 is 2.23 bits per heavy atom. The second-order valence-corrected chi connectivity index (χ2v) is 6.02. The van der Waals surface area contributed by atoms with E-state index in [0.29, 0.717) is 0 Å². The van der Waals surface area contributed by atoms with E-state index in [2.05, 4.69) is 39.9 Å². The van der Waals surface area contributed by atoms with Crippen LogP contribution >= 0.6 is 0 Å². The van der Waals surface area contributed by atoms with Gasteiger partial charge in [-0.2, -0.15) is 0 Å². The average Bonchev–Trinajstić information content (AvgIpc) is 2.53. The summed E-state index contributed by atoms with van der Waals surface area (Å²) in [6.45, 7) is 11.5. The summed E-state index contributed by atoms with van der Waals surface area (Å²) in [5.74, 6) is 0.495. The molecule has 1 N–H and O–H groups in total. The zero-order valence-corrected chi connectivity index (χ0v) is 9.40. The van der Waals surface area contributed by atoms with Crippen molar-refractivity contribution in [3.63, 3.8) is 0 Å². The first-order chi connectivity index (χ1) is 5.72. The topological polar surface area (TPSA) is 29.1 Å². The van der Waals surface area contributed by atoms with Crippen molar-refractivity contribution in [2.24, 2.45) is 16.7 Å². The molecule has 1 amide bonds. The molecule has 2 nitrogen and oxygen atoms in total. The second-order valence-electron chi connectivity index (χ2n) is 6.02. The van der Waals surface area contributed by atoms with Crippen molar-refractivity contribution < 1.29 is 4.79 Å². The van der Waals surface area contributed by atoms with Crippen molar-refractivity contribution >= 4 is 5.91 Å². The molecule has 1 rings (SSSR count). The van der Waals surface area contributed by atoms with Gasteiger partial charge in [0.15, 0.2) is 0 Å². The monoisotopic (exact) mass is 183 g/mol. The highest BCUT2D eigenvalue weighted by Crippen LogP contribution is 2.51. The molecule has 1 fully saturated rings. The van der Waals surface area contributed by atoms with E-state index in [9.17, 15) is 4.79 Å². The summed E-state index contributed by atoms with van der Waals surface area (Å²) in [5.41, 5.74) is 0.441. The summed E-state index contributed by atoms with van der Waals surface area (Å²) in [5, 5.41) is 3.00. The molecular formula is C11H21NO. The summed E-state index contributed by atoms with van der Waals surface area (Å²) >= 11 is 0. The molecule has 1 aliphatic carbocycles. The third-order valence-corrected chi connectivity index (χ3v) is 2.62. The molecule has 0 aliphatic heterocycles. The summed E-state index contributed by atoms with van der Waals surface area (Å²) < 4.78 is 0. The molecule has 0 aromatic carbocycles. The molecule has 0 aromatic heterocycles. The molecule has 2 heteroatoms. The minimum absolute atomic E-state index is 0.189. The van der Waals surface area contributed by atoms with Gasteiger partial charge in [-0.25, -0.2) is 0 Å². The van der Waals surface area contributed by atoms with Crippen LogP contribution in [-0.2, 0) is 4.79 Å². The van der Waals surface area contributed by atoms with E-state index in [0.717, 1.165) is 13.0 Å². The van der Waals surface area contributed by atoms with Gasteiger partial charge in [-0.05, 0) is 17.3 Å². The quantitative estimate of drug-likeness (QED) is 0.698. The van der Waals surface area contributed by atoms with Gasteiger partial charge < -0.3 is 5.32 Å². The molecule has 0 spiro atoms. The Morgan fingerprint density at radius 2 is 1.92 bits per heavy atom. The second kappa shape index (κ2) is 3.00. The molecule has 0 saturated heterocycles. The fraction of sp³-hybridized carbons (Fsp3) is 0.909. The lowest BCUT2D eigenvalue weighted by Gasteiger charge is -2.19.